The molecule has 5 rings (SSSR count). The number of benzene rings is 2. The zero-order valence-electron chi connectivity index (χ0n) is 21.3. The molecule has 39 heavy (non-hydrogen) atoms. The number of rotatable bonds is 10. The highest BCUT2D eigenvalue weighted by Crippen LogP contribution is 2.47. The number of amides is 4. The number of ketones is 1. The largest absolute Gasteiger partial charge is 0.479 e. The van der Waals surface area contributed by atoms with Crippen molar-refractivity contribution in [3.8, 4) is 0 Å². The van der Waals surface area contributed by atoms with Gasteiger partial charge in [0.2, 0.25) is 11.3 Å². The van der Waals surface area contributed by atoms with Gasteiger partial charge in [-0.2, -0.15) is 4.89 Å². The Bertz CT molecular complexity index is 1370. The van der Waals surface area contributed by atoms with Crippen molar-refractivity contribution in [3.05, 3.63) is 70.8 Å². The highest BCUT2D eigenvalue weighted by molar-refractivity contribution is 6.30. The summed E-state index contributed by atoms with van der Waals surface area (Å²) in [5.41, 5.74) is -5.41. The Balaban J connectivity index is 1.72. The molecule has 0 saturated carbocycles. The van der Waals surface area contributed by atoms with Crippen molar-refractivity contribution in [1.29, 1.82) is 0 Å². The molecule has 0 aromatic heterocycles. The number of hydrogen-bond donors (Lipinski definition) is 1. The van der Waals surface area contributed by atoms with E-state index in [1.165, 1.54) is 36.4 Å². The van der Waals surface area contributed by atoms with Crippen molar-refractivity contribution in [3.63, 3.8) is 0 Å². The Labute approximate surface area is 223 Å². The smallest absolute Gasteiger partial charge is 0.338 e. The maximum absolute atomic E-state index is 14.8. The van der Waals surface area contributed by atoms with Crippen LogP contribution in [-0.4, -0.2) is 67.7 Å². The lowest BCUT2D eigenvalue weighted by atomic mass is 9.77. The number of imide groups is 2. The summed E-state index contributed by atoms with van der Waals surface area (Å²) < 4.78 is 0. The second-order valence-electron chi connectivity index (χ2n) is 9.73. The highest BCUT2D eigenvalue weighted by atomic mass is 17.3. The SMILES string of the molecule is CCCCC(C(=O)O)(C(=O)C1(N2C(=O)c3ccccc3C2=O)OOC1CCC)N1C(=O)c2ccccc2C1=O. The molecule has 3 unspecified atom stereocenters. The first-order valence-electron chi connectivity index (χ1n) is 12.8. The summed E-state index contributed by atoms with van der Waals surface area (Å²) in [6.45, 7) is 3.52. The monoisotopic (exact) mass is 534 g/mol. The van der Waals surface area contributed by atoms with E-state index in [0.29, 0.717) is 22.6 Å². The number of fused-ring (bicyclic) bond motifs is 2. The molecular formula is C28H26N2O9. The van der Waals surface area contributed by atoms with E-state index >= 15 is 0 Å². The maximum atomic E-state index is 14.8. The first kappa shape index (κ1) is 26.4. The van der Waals surface area contributed by atoms with Crippen molar-refractivity contribution in [2.24, 2.45) is 0 Å². The van der Waals surface area contributed by atoms with Gasteiger partial charge < -0.3 is 5.11 Å². The van der Waals surface area contributed by atoms with Gasteiger partial charge in [0.25, 0.3) is 29.4 Å². The summed E-state index contributed by atoms with van der Waals surface area (Å²) in [5.74, 6) is -6.75. The van der Waals surface area contributed by atoms with Crippen LogP contribution in [0.25, 0.3) is 0 Å². The van der Waals surface area contributed by atoms with E-state index in [1.54, 1.807) is 26.0 Å². The minimum Gasteiger partial charge on any atom is -0.479 e. The molecular weight excluding hydrogens is 508 g/mol. The van der Waals surface area contributed by atoms with Crippen LogP contribution in [0.5, 0.6) is 0 Å². The number of unbranched alkanes of at least 4 members (excludes halogenated alkanes) is 1. The molecule has 1 N–H and O–H groups in total. The maximum Gasteiger partial charge on any atom is 0.338 e. The van der Waals surface area contributed by atoms with Crippen molar-refractivity contribution >= 4 is 35.4 Å². The first-order valence-corrected chi connectivity index (χ1v) is 12.8. The van der Waals surface area contributed by atoms with E-state index in [9.17, 15) is 33.9 Å². The zero-order chi connectivity index (χ0) is 28.1. The van der Waals surface area contributed by atoms with Gasteiger partial charge in [0.05, 0.1) is 22.3 Å². The molecule has 11 heteroatoms. The van der Waals surface area contributed by atoms with Gasteiger partial charge in [-0.15, -0.1) is 0 Å². The predicted molar refractivity (Wildman–Crippen MR) is 132 cm³/mol. The van der Waals surface area contributed by atoms with Gasteiger partial charge in [-0.1, -0.05) is 57.4 Å². The van der Waals surface area contributed by atoms with Crippen LogP contribution in [0.15, 0.2) is 48.5 Å². The summed E-state index contributed by atoms with van der Waals surface area (Å²) in [7, 11) is 0. The first-order chi connectivity index (χ1) is 18.7. The molecule has 3 heterocycles. The van der Waals surface area contributed by atoms with Gasteiger partial charge in [-0.25, -0.2) is 19.5 Å². The van der Waals surface area contributed by atoms with E-state index in [1.807, 2.05) is 0 Å². The van der Waals surface area contributed by atoms with Crippen LogP contribution in [0.2, 0.25) is 0 Å². The molecule has 3 aliphatic heterocycles. The molecule has 2 aromatic rings. The quantitative estimate of drug-likeness (QED) is 0.276. The van der Waals surface area contributed by atoms with Gasteiger partial charge >= 0.3 is 5.97 Å². The molecule has 4 amide bonds. The fourth-order valence-electron chi connectivity index (χ4n) is 5.56. The van der Waals surface area contributed by atoms with Crippen molar-refractivity contribution in [2.45, 2.75) is 63.3 Å². The normalized spacial score (nSPS) is 23.4. The van der Waals surface area contributed by atoms with Gasteiger partial charge in [-0.3, -0.25) is 24.0 Å². The van der Waals surface area contributed by atoms with Crippen molar-refractivity contribution < 1.29 is 43.6 Å². The summed E-state index contributed by atoms with van der Waals surface area (Å²) >= 11 is 0. The van der Waals surface area contributed by atoms with Crippen LogP contribution in [0.4, 0.5) is 0 Å². The van der Waals surface area contributed by atoms with E-state index in [-0.39, 0.29) is 35.1 Å². The Morgan fingerprint density at radius 1 is 0.846 bits per heavy atom. The van der Waals surface area contributed by atoms with Crippen LogP contribution >= 0.6 is 0 Å². The molecule has 0 spiro atoms. The fraction of sp³-hybridized carbons (Fsp3) is 0.357. The van der Waals surface area contributed by atoms with Crippen LogP contribution in [0.1, 0.15) is 87.4 Å². The summed E-state index contributed by atoms with van der Waals surface area (Å²) in [6.07, 6.45) is -0.604. The highest BCUT2D eigenvalue weighted by Gasteiger charge is 2.74. The summed E-state index contributed by atoms with van der Waals surface area (Å²) in [5, 5.41) is 10.7. The van der Waals surface area contributed by atoms with Crippen LogP contribution in [0, 0.1) is 0 Å². The Morgan fingerprint density at radius 2 is 1.33 bits per heavy atom. The molecule has 202 valence electrons. The predicted octanol–water partition coefficient (Wildman–Crippen LogP) is 2.99. The van der Waals surface area contributed by atoms with Crippen LogP contribution in [0.3, 0.4) is 0 Å². The minimum absolute atomic E-state index is 0.00985. The average molecular weight is 535 g/mol. The molecule has 11 nitrogen and oxygen atoms in total. The third-order valence-corrected chi connectivity index (χ3v) is 7.53. The lowest BCUT2D eigenvalue weighted by molar-refractivity contribution is -0.515. The Kier molecular flexibility index (Phi) is 6.44. The fourth-order valence-corrected chi connectivity index (χ4v) is 5.56. The second kappa shape index (κ2) is 9.51. The molecule has 0 radical (unpaired) electrons. The molecule has 2 aromatic carbocycles. The third-order valence-electron chi connectivity index (χ3n) is 7.53. The van der Waals surface area contributed by atoms with E-state index in [4.69, 9.17) is 9.78 Å². The van der Waals surface area contributed by atoms with Gasteiger partial charge in [0.1, 0.15) is 0 Å². The molecule has 1 fully saturated rings. The number of Topliss-reactive ketones (excluding diaryl/α,β-unsaturated/α-hetero) is 1. The third kappa shape index (κ3) is 3.43. The second-order valence-corrected chi connectivity index (χ2v) is 9.73. The number of aliphatic carboxylic acids is 1. The molecule has 1 saturated heterocycles. The van der Waals surface area contributed by atoms with Crippen LogP contribution in [-0.2, 0) is 19.4 Å². The number of carboxylic acid groups (broad SMARTS) is 1. The molecule has 0 bridgehead atoms. The number of carboxylic acids is 1. The zero-order valence-corrected chi connectivity index (χ0v) is 21.3. The molecule has 3 aliphatic rings. The molecule has 3 atom stereocenters. The van der Waals surface area contributed by atoms with E-state index in [0.717, 1.165) is 0 Å². The number of carbonyl (C=O) groups is 6. The average Bonchev–Trinajstić information content (AvgIpc) is 3.33. The van der Waals surface area contributed by atoms with Crippen molar-refractivity contribution in [2.75, 3.05) is 0 Å². The standard InChI is InChI=1S/C28H26N2O9/c1-3-5-15-27(26(36)37,29-21(31)16-11-6-7-12-17(16)22(29)32)25(35)28(20(10-4-2)38-39-28)30-23(33)18-13-8-9-14-19(18)24(30)34/h6-9,11-14,20H,3-5,10,15H2,1-2H3,(H,36,37). The Morgan fingerprint density at radius 3 is 1.72 bits per heavy atom. The van der Waals surface area contributed by atoms with Crippen molar-refractivity contribution in [1.82, 2.24) is 9.80 Å². The van der Waals surface area contributed by atoms with Gasteiger partial charge in [0, 0.05) is 0 Å². The van der Waals surface area contributed by atoms with Crippen LogP contribution < -0.4 is 0 Å². The summed E-state index contributed by atoms with van der Waals surface area (Å²) in [4.78, 5) is 93.9. The number of hydrogen-bond acceptors (Lipinski definition) is 8. The van der Waals surface area contributed by atoms with E-state index in [2.05, 4.69) is 0 Å². The topological polar surface area (TPSA) is 148 Å². The minimum atomic E-state index is -2.80. The lowest BCUT2D eigenvalue weighted by Gasteiger charge is -2.52. The number of nitrogens with zero attached hydrogens (tertiary/aromatic N) is 2. The number of carbonyl (C=O) groups excluding carboxylic acids is 5. The van der Waals surface area contributed by atoms with Gasteiger partial charge in [-0.05, 0) is 37.1 Å². The summed E-state index contributed by atoms with van der Waals surface area (Å²) in [6, 6.07) is 11.7. The Hall–Kier alpha value is -4.22. The van der Waals surface area contributed by atoms with E-state index < -0.39 is 59.2 Å². The van der Waals surface area contributed by atoms with Gasteiger partial charge in [0.15, 0.2) is 6.10 Å². The molecule has 0 aliphatic carbocycles. The lowest BCUT2D eigenvalue weighted by Crippen LogP contribution is -2.79.